The summed E-state index contributed by atoms with van der Waals surface area (Å²) in [6.07, 6.45) is 2.08. The van der Waals surface area contributed by atoms with E-state index in [4.69, 9.17) is 0 Å². The van der Waals surface area contributed by atoms with Crippen molar-refractivity contribution in [2.24, 2.45) is 0 Å². The van der Waals surface area contributed by atoms with Crippen molar-refractivity contribution in [1.82, 2.24) is 15.6 Å². The molecule has 3 rings (SSSR count). The SMILES string of the molecule is CC(NC(=O)NCc1ccccn1)c1ccc2c(c1)CC(=O)N2. The van der Waals surface area contributed by atoms with Crippen LogP contribution in [-0.2, 0) is 17.8 Å². The third-order valence-corrected chi connectivity index (χ3v) is 3.76. The van der Waals surface area contributed by atoms with Crippen molar-refractivity contribution < 1.29 is 9.59 Å². The van der Waals surface area contributed by atoms with Gasteiger partial charge in [-0.15, -0.1) is 0 Å². The quantitative estimate of drug-likeness (QED) is 0.809. The predicted octanol–water partition coefficient (Wildman–Crippen LogP) is 2.14. The highest BCUT2D eigenvalue weighted by Gasteiger charge is 2.19. The molecule has 0 bridgehead atoms. The van der Waals surface area contributed by atoms with Crippen molar-refractivity contribution in [3.63, 3.8) is 0 Å². The number of benzene rings is 1. The fraction of sp³-hybridized carbons (Fsp3) is 0.235. The van der Waals surface area contributed by atoms with Crippen LogP contribution in [0.25, 0.3) is 0 Å². The summed E-state index contributed by atoms with van der Waals surface area (Å²) >= 11 is 0. The molecule has 0 saturated carbocycles. The van der Waals surface area contributed by atoms with Gasteiger partial charge < -0.3 is 16.0 Å². The van der Waals surface area contributed by atoms with Crippen molar-refractivity contribution in [3.05, 3.63) is 59.4 Å². The number of urea groups is 1. The zero-order valence-corrected chi connectivity index (χ0v) is 12.8. The van der Waals surface area contributed by atoms with Gasteiger partial charge in [0.15, 0.2) is 0 Å². The summed E-state index contributed by atoms with van der Waals surface area (Å²) in [6.45, 7) is 2.29. The first-order valence-corrected chi connectivity index (χ1v) is 7.49. The fourth-order valence-electron chi connectivity index (χ4n) is 2.52. The molecule has 1 unspecified atom stereocenters. The Hall–Kier alpha value is -2.89. The Bertz CT molecular complexity index is 731. The molecule has 23 heavy (non-hydrogen) atoms. The number of rotatable bonds is 4. The molecule has 3 N–H and O–H groups in total. The highest BCUT2D eigenvalue weighted by molar-refractivity contribution is 5.99. The Balaban J connectivity index is 1.56. The van der Waals surface area contributed by atoms with E-state index >= 15 is 0 Å². The summed E-state index contributed by atoms with van der Waals surface area (Å²) in [5.41, 5.74) is 3.59. The number of nitrogens with one attached hydrogen (secondary N) is 3. The van der Waals surface area contributed by atoms with Gasteiger partial charge in [-0.05, 0) is 36.2 Å². The van der Waals surface area contributed by atoms with Gasteiger partial charge in [0.2, 0.25) is 5.91 Å². The molecule has 3 amide bonds. The molecular formula is C17H18N4O2. The molecule has 6 nitrogen and oxygen atoms in total. The third kappa shape index (κ3) is 3.66. The molecule has 1 aromatic carbocycles. The number of carbonyl (C=O) groups excluding carboxylic acids is 2. The first kappa shape index (κ1) is 15.0. The van der Waals surface area contributed by atoms with Crippen molar-refractivity contribution in [1.29, 1.82) is 0 Å². The average molecular weight is 310 g/mol. The second-order valence-corrected chi connectivity index (χ2v) is 5.51. The maximum Gasteiger partial charge on any atom is 0.315 e. The van der Waals surface area contributed by atoms with E-state index in [1.54, 1.807) is 6.20 Å². The second-order valence-electron chi connectivity index (χ2n) is 5.51. The summed E-state index contributed by atoms with van der Waals surface area (Å²) in [6, 6.07) is 10.9. The van der Waals surface area contributed by atoms with E-state index < -0.39 is 0 Å². The number of hydrogen-bond donors (Lipinski definition) is 3. The Morgan fingerprint density at radius 2 is 2.22 bits per heavy atom. The van der Waals surface area contributed by atoms with Gasteiger partial charge in [0, 0.05) is 11.9 Å². The Morgan fingerprint density at radius 3 is 3.00 bits per heavy atom. The second kappa shape index (κ2) is 6.48. The zero-order valence-electron chi connectivity index (χ0n) is 12.8. The van der Waals surface area contributed by atoms with Crippen LogP contribution in [0.2, 0.25) is 0 Å². The Morgan fingerprint density at radius 1 is 1.35 bits per heavy atom. The zero-order chi connectivity index (χ0) is 16.2. The Kier molecular flexibility index (Phi) is 4.23. The summed E-state index contributed by atoms with van der Waals surface area (Å²) < 4.78 is 0. The smallest absolute Gasteiger partial charge is 0.315 e. The maximum absolute atomic E-state index is 12.0. The maximum atomic E-state index is 12.0. The van der Waals surface area contributed by atoms with E-state index in [0.717, 1.165) is 22.5 Å². The molecule has 1 aromatic heterocycles. The average Bonchev–Trinajstić information content (AvgIpc) is 2.93. The van der Waals surface area contributed by atoms with Crippen LogP contribution >= 0.6 is 0 Å². The molecular weight excluding hydrogens is 292 g/mol. The van der Waals surface area contributed by atoms with Gasteiger partial charge in [-0.1, -0.05) is 18.2 Å². The van der Waals surface area contributed by atoms with Crippen LogP contribution in [0.1, 0.15) is 29.8 Å². The fourth-order valence-corrected chi connectivity index (χ4v) is 2.52. The van der Waals surface area contributed by atoms with E-state index in [9.17, 15) is 9.59 Å². The Labute approximate surface area is 134 Å². The van der Waals surface area contributed by atoms with Crippen molar-refractivity contribution in [2.45, 2.75) is 25.9 Å². The molecule has 118 valence electrons. The molecule has 0 fully saturated rings. The normalized spacial score (nSPS) is 13.9. The molecule has 0 aliphatic carbocycles. The molecule has 1 aliphatic heterocycles. The minimum atomic E-state index is -0.252. The largest absolute Gasteiger partial charge is 0.332 e. The van der Waals surface area contributed by atoms with Crippen LogP contribution in [-0.4, -0.2) is 16.9 Å². The van der Waals surface area contributed by atoms with E-state index in [2.05, 4.69) is 20.9 Å². The van der Waals surface area contributed by atoms with Crippen LogP contribution in [0.3, 0.4) is 0 Å². The molecule has 1 aliphatic rings. The van der Waals surface area contributed by atoms with Crippen LogP contribution in [0, 0.1) is 0 Å². The number of anilines is 1. The number of amides is 3. The first-order chi connectivity index (χ1) is 11.1. The van der Waals surface area contributed by atoms with E-state index in [0.29, 0.717) is 13.0 Å². The van der Waals surface area contributed by atoms with Crippen LogP contribution < -0.4 is 16.0 Å². The molecule has 0 saturated heterocycles. The van der Waals surface area contributed by atoms with Gasteiger partial charge in [0.25, 0.3) is 0 Å². The van der Waals surface area contributed by atoms with Crippen molar-refractivity contribution in [3.8, 4) is 0 Å². The minimum absolute atomic E-state index is 0.00543. The first-order valence-electron chi connectivity index (χ1n) is 7.49. The number of hydrogen-bond acceptors (Lipinski definition) is 3. The predicted molar refractivity (Wildman–Crippen MR) is 86.8 cm³/mol. The molecule has 2 heterocycles. The van der Waals surface area contributed by atoms with Gasteiger partial charge in [-0.3, -0.25) is 9.78 Å². The van der Waals surface area contributed by atoms with E-state index in [1.165, 1.54) is 0 Å². The number of aromatic nitrogens is 1. The third-order valence-electron chi connectivity index (χ3n) is 3.76. The number of pyridine rings is 1. The highest BCUT2D eigenvalue weighted by Crippen LogP contribution is 2.26. The van der Waals surface area contributed by atoms with Gasteiger partial charge >= 0.3 is 6.03 Å². The van der Waals surface area contributed by atoms with Gasteiger partial charge in [0.05, 0.1) is 24.7 Å². The lowest BCUT2D eigenvalue weighted by Gasteiger charge is -2.16. The molecule has 2 aromatic rings. The van der Waals surface area contributed by atoms with Gasteiger partial charge in [-0.25, -0.2) is 4.79 Å². The van der Waals surface area contributed by atoms with Crippen LogP contribution in [0.15, 0.2) is 42.6 Å². The number of carbonyl (C=O) groups is 2. The lowest BCUT2D eigenvalue weighted by Crippen LogP contribution is -2.36. The summed E-state index contributed by atoms with van der Waals surface area (Å²) in [5, 5.41) is 8.46. The van der Waals surface area contributed by atoms with Gasteiger partial charge in [-0.2, -0.15) is 0 Å². The molecule has 1 atom stereocenters. The highest BCUT2D eigenvalue weighted by atomic mass is 16.2. The molecule has 0 radical (unpaired) electrons. The van der Waals surface area contributed by atoms with Crippen LogP contribution in [0.5, 0.6) is 0 Å². The monoisotopic (exact) mass is 310 g/mol. The summed E-state index contributed by atoms with van der Waals surface area (Å²) in [5.74, 6) is 0.00543. The van der Waals surface area contributed by atoms with Crippen molar-refractivity contribution >= 4 is 17.6 Å². The lowest BCUT2D eigenvalue weighted by atomic mass is 10.0. The summed E-state index contributed by atoms with van der Waals surface area (Å²) in [4.78, 5) is 27.5. The van der Waals surface area contributed by atoms with E-state index in [1.807, 2.05) is 43.3 Å². The van der Waals surface area contributed by atoms with Crippen LogP contribution in [0.4, 0.5) is 10.5 Å². The minimum Gasteiger partial charge on any atom is -0.332 e. The lowest BCUT2D eigenvalue weighted by molar-refractivity contribution is -0.115. The topological polar surface area (TPSA) is 83.1 Å². The van der Waals surface area contributed by atoms with Gasteiger partial charge in [0.1, 0.15) is 0 Å². The standard InChI is InChI=1S/C17H18N4O2/c1-11(12-5-6-15-13(8-12)9-16(22)21-15)20-17(23)19-10-14-4-2-3-7-18-14/h2-8,11H,9-10H2,1H3,(H,21,22)(H2,19,20,23). The van der Waals surface area contributed by atoms with Crippen molar-refractivity contribution in [2.75, 3.05) is 5.32 Å². The molecule has 6 heteroatoms. The number of nitrogens with zero attached hydrogens (tertiary/aromatic N) is 1. The van der Waals surface area contributed by atoms with E-state index in [-0.39, 0.29) is 18.0 Å². The number of fused-ring (bicyclic) bond motifs is 1. The molecule has 0 spiro atoms. The summed E-state index contributed by atoms with van der Waals surface area (Å²) in [7, 11) is 0.